The standard InChI is InChI=1S/C9H8F5N3O2/c10-7(11)6-5(19-9(12,13)14)1-3(8(16)18)4(2-15)17-6/h1,7H,2,15H2,(H2,16,18). The zero-order valence-corrected chi connectivity index (χ0v) is 9.17. The van der Waals surface area contributed by atoms with Crippen LogP contribution in [0.3, 0.4) is 0 Å². The van der Waals surface area contributed by atoms with E-state index in [2.05, 4.69) is 9.72 Å². The Bertz CT molecular complexity index is 489. The number of rotatable bonds is 4. The molecule has 0 radical (unpaired) electrons. The van der Waals surface area contributed by atoms with E-state index in [4.69, 9.17) is 11.5 Å². The third-order valence-corrected chi connectivity index (χ3v) is 1.99. The van der Waals surface area contributed by atoms with Gasteiger partial charge in [0.05, 0.1) is 11.3 Å². The fourth-order valence-electron chi connectivity index (χ4n) is 1.28. The van der Waals surface area contributed by atoms with Crippen LogP contribution >= 0.6 is 0 Å². The highest BCUT2D eigenvalue weighted by atomic mass is 19.4. The smallest absolute Gasteiger partial charge is 0.404 e. The molecule has 0 aliphatic heterocycles. The highest BCUT2D eigenvalue weighted by molar-refractivity contribution is 5.94. The van der Waals surface area contributed by atoms with Crippen LogP contribution in [0.4, 0.5) is 22.0 Å². The summed E-state index contributed by atoms with van der Waals surface area (Å²) in [6.45, 7) is -0.440. The topological polar surface area (TPSA) is 91.2 Å². The molecular weight excluding hydrogens is 277 g/mol. The third-order valence-electron chi connectivity index (χ3n) is 1.99. The summed E-state index contributed by atoms with van der Waals surface area (Å²) in [6, 6.07) is 0.451. The molecule has 1 aromatic rings. The number of primary amides is 1. The maximum Gasteiger partial charge on any atom is 0.573 e. The lowest BCUT2D eigenvalue weighted by Crippen LogP contribution is -2.22. The normalized spacial score (nSPS) is 11.7. The molecule has 4 N–H and O–H groups in total. The first-order valence-corrected chi connectivity index (χ1v) is 4.73. The van der Waals surface area contributed by atoms with Crippen LogP contribution in [-0.4, -0.2) is 17.3 Å². The Labute approximate surface area is 103 Å². The summed E-state index contributed by atoms with van der Waals surface area (Å²) >= 11 is 0. The Morgan fingerprint density at radius 3 is 2.37 bits per heavy atom. The average Bonchev–Trinajstić information content (AvgIpc) is 2.25. The van der Waals surface area contributed by atoms with Crippen molar-refractivity contribution in [1.82, 2.24) is 4.98 Å². The molecule has 5 nitrogen and oxygen atoms in total. The number of alkyl halides is 5. The van der Waals surface area contributed by atoms with Crippen LogP contribution in [0, 0.1) is 0 Å². The first-order valence-electron chi connectivity index (χ1n) is 4.73. The van der Waals surface area contributed by atoms with Crippen LogP contribution in [0.15, 0.2) is 6.07 Å². The van der Waals surface area contributed by atoms with Crippen LogP contribution in [0.5, 0.6) is 5.75 Å². The second-order valence-corrected chi connectivity index (χ2v) is 3.28. The first-order chi connectivity index (χ1) is 8.65. The van der Waals surface area contributed by atoms with E-state index in [1.165, 1.54) is 0 Å². The third kappa shape index (κ3) is 3.74. The Kier molecular flexibility index (Phi) is 4.24. The quantitative estimate of drug-likeness (QED) is 0.819. The van der Waals surface area contributed by atoms with Crippen LogP contribution in [0.2, 0.25) is 0 Å². The Morgan fingerprint density at radius 1 is 1.42 bits per heavy atom. The van der Waals surface area contributed by atoms with Gasteiger partial charge in [-0.25, -0.2) is 13.8 Å². The molecule has 10 heteroatoms. The van der Waals surface area contributed by atoms with Gasteiger partial charge in [-0.1, -0.05) is 0 Å². The molecule has 1 amide bonds. The summed E-state index contributed by atoms with van der Waals surface area (Å²) in [5.41, 5.74) is 7.94. The van der Waals surface area contributed by atoms with Gasteiger partial charge in [-0.05, 0) is 6.07 Å². The number of pyridine rings is 1. The van der Waals surface area contributed by atoms with Gasteiger partial charge in [0.25, 0.3) is 12.3 Å². The number of hydrogen-bond acceptors (Lipinski definition) is 4. The van der Waals surface area contributed by atoms with Gasteiger partial charge in [-0.2, -0.15) is 0 Å². The van der Waals surface area contributed by atoms with Crippen LogP contribution in [0.25, 0.3) is 0 Å². The summed E-state index contributed by atoms with van der Waals surface area (Å²) in [5.74, 6) is -2.44. The lowest BCUT2D eigenvalue weighted by Gasteiger charge is -2.15. The molecule has 106 valence electrons. The summed E-state index contributed by atoms with van der Waals surface area (Å²) < 4.78 is 64.8. The molecule has 0 aromatic carbocycles. The second-order valence-electron chi connectivity index (χ2n) is 3.28. The molecule has 0 aliphatic rings. The summed E-state index contributed by atoms with van der Waals surface area (Å²) in [7, 11) is 0. The molecule has 1 aromatic heterocycles. The van der Waals surface area contributed by atoms with Crippen molar-refractivity contribution in [2.75, 3.05) is 0 Å². The molecule has 0 unspecified atom stereocenters. The SMILES string of the molecule is NCc1nc(C(F)F)c(OC(F)(F)F)cc1C(N)=O. The molecule has 0 bridgehead atoms. The van der Waals surface area contributed by atoms with Gasteiger partial charge in [0.1, 0.15) is 5.69 Å². The zero-order chi connectivity index (χ0) is 14.8. The van der Waals surface area contributed by atoms with Crippen molar-refractivity contribution in [3.05, 3.63) is 23.0 Å². The minimum Gasteiger partial charge on any atom is -0.404 e. The van der Waals surface area contributed by atoms with Crippen molar-refractivity contribution in [2.24, 2.45) is 11.5 Å². The average molecular weight is 285 g/mol. The van der Waals surface area contributed by atoms with Gasteiger partial charge in [0.2, 0.25) is 0 Å². The van der Waals surface area contributed by atoms with Crippen LogP contribution < -0.4 is 16.2 Å². The fourth-order valence-corrected chi connectivity index (χ4v) is 1.28. The van der Waals surface area contributed by atoms with E-state index in [9.17, 15) is 26.7 Å². The van der Waals surface area contributed by atoms with Crippen molar-refractivity contribution in [1.29, 1.82) is 0 Å². The monoisotopic (exact) mass is 285 g/mol. The molecule has 0 saturated heterocycles. The van der Waals surface area contributed by atoms with E-state index in [0.717, 1.165) is 0 Å². The van der Waals surface area contributed by atoms with Crippen molar-refractivity contribution in [3.63, 3.8) is 0 Å². The minimum absolute atomic E-state index is 0.336. The summed E-state index contributed by atoms with van der Waals surface area (Å²) in [6.07, 6.45) is -8.53. The number of aromatic nitrogens is 1. The molecule has 0 atom stereocenters. The van der Waals surface area contributed by atoms with E-state index in [-0.39, 0.29) is 5.69 Å². The van der Waals surface area contributed by atoms with Gasteiger partial charge in [0.15, 0.2) is 5.75 Å². The Hall–Kier alpha value is -1.97. The number of amides is 1. The number of nitrogens with two attached hydrogens (primary N) is 2. The van der Waals surface area contributed by atoms with Crippen molar-refractivity contribution < 1.29 is 31.5 Å². The number of carbonyl (C=O) groups excluding carboxylic acids is 1. The van der Waals surface area contributed by atoms with E-state index < -0.39 is 42.2 Å². The Morgan fingerprint density at radius 2 is 2.00 bits per heavy atom. The predicted molar refractivity (Wildman–Crippen MR) is 52.3 cm³/mol. The summed E-state index contributed by atoms with van der Waals surface area (Å²) in [4.78, 5) is 14.2. The number of nitrogens with zero attached hydrogens (tertiary/aromatic N) is 1. The van der Waals surface area contributed by atoms with Crippen LogP contribution in [-0.2, 0) is 6.54 Å². The Balaban J connectivity index is 3.41. The minimum atomic E-state index is -5.20. The molecule has 0 saturated carbocycles. The number of carbonyl (C=O) groups is 1. The van der Waals surface area contributed by atoms with E-state index >= 15 is 0 Å². The predicted octanol–water partition coefficient (Wildman–Crippen LogP) is 1.48. The molecule has 1 rings (SSSR count). The molecular formula is C9H8F5N3O2. The van der Waals surface area contributed by atoms with Crippen molar-refractivity contribution >= 4 is 5.91 Å². The molecule has 0 fully saturated rings. The van der Waals surface area contributed by atoms with Gasteiger partial charge < -0.3 is 16.2 Å². The fraction of sp³-hybridized carbons (Fsp3) is 0.333. The molecule has 0 spiro atoms. The second kappa shape index (κ2) is 5.34. The lowest BCUT2D eigenvalue weighted by molar-refractivity contribution is -0.275. The van der Waals surface area contributed by atoms with Crippen LogP contribution in [0.1, 0.15) is 28.2 Å². The number of halogens is 5. The van der Waals surface area contributed by atoms with E-state index in [1.807, 2.05) is 0 Å². The maximum absolute atomic E-state index is 12.6. The van der Waals surface area contributed by atoms with E-state index in [1.54, 1.807) is 0 Å². The largest absolute Gasteiger partial charge is 0.573 e. The molecule has 19 heavy (non-hydrogen) atoms. The summed E-state index contributed by atoms with van der Waals surface area (Å²) in [5, 5.41) is 0. The van der Waals surface area contributed by atoms with Gasteiger partial charge >= 0.3 is 6.36 Å². The highest BCUT2D eigenvalue weighted by Crippen LogP contribution is 2.33. The molecule has 0 aliphatic carbocycles. The lowest BCUT2D eigenvalue weighted by atomic mass is 10.1. The molecule has 1 heterocycles. The van der Waals surface area contributed by atoms with E-state index in [0.29, 0.717) is 6.07 Å². The van der Waals surface area contributed by atoms with Gasteiger partial charge in [-0.15, -0.1) is 13.2 Å². The number of hydrogen-bond donors (Lipinski definition) is 2. The van der Waals surface area contributed by atoms with Crippen molar-refractivity contribution in [3.8, 4) is 5.75 Å². The van der Waals surface area contributed by atoms with Gasteiger partial charge in [-0.3, -0.25) is 4.79 Å². The van der Waals surface area contributed by atoms with Gasteiger partial charge in [0, 0.05) is 6.54 Å². The first kappa shape index (κ1) is 15.1. The maximum atomic E-state index is 12.6. The van der Waals surface area contributed by atoms with Crippen molar-refractivity contribution in [2.45, 2.75) is 19.3 Å². The number of ether oxygens (including phenoxy) is 1. The highest BCUT2D eigenvalue weighted by Gasteiger charge is 2.34. The zero-order valence-electron chi connectivity index (χ0n) is 9.17.